The van der Waals surface area contributed by atoms with E-state index in [1.807, 2.05) is 18.2 Å². The van der Waals surface area contributed by atoms with E-state index in [1.54, 1.807) is 0 Å². The number of likely N-dealkylation sites (tertiary alicyclic amines) is 1. The summed E-state index contributed by atoms with van der Waals surface area (Å²) >= 11 is 0. The lowest BCUT2D eigenvalue weighted by Crippen LogP contribution is -2.44. The normalized spacial score (nSPS) is 23.6. The largest absolute Gasteiger partial charge is 0.398 e. The second-order valence-corrected chi connectivity index (χ2v) is 5.08. The average molecular weight is 248 g/mol. The number of nitrogens with zero attached hydrogens (tertiary/aromatic N) is 1. The highest BCUT2D eigenvalue weighted by Crippen LogP contribution is 2.31. The number of ether oxygens (including phenoxy) is 2. The van der Waals surface area contributed by atoms with Crippen LogP contribution in [-0.2, 0) is 16.0 Å². The highest BCUT2D eigenvalue weighted by atomic mass is 16.7. The van der Waals surface area contributed by atoms with Crippen LogP contribution >= 0.6 is 0 Å². The Bertz CT molecular complexity index is 406. The second kappa shape index (κ2) is 4.88. The molecule has 0 saturated carbocycles. The molecule has 4 nitrogen and oxygen atoms in total. The van der Waals surface area contributed by atoms with Crippen molar-refractivity contribution in [3.63, 3.8) is 0 Å². The zero-order valence-corrected chi connectivity index (χ0v) is 10.6. The standard InChI is InChI=1S/C14H20N2O2/c15-13-4-2-1-3-12(13)11-16-7-5-14(6-8-16)17-9-10-18-14/h1-4H,5-11,15H2. The molecule has 2 heterocycles. The minimum Gasteiger partial charge on any atom is -0.398 e. The quantitative estimate of drug-likeness (QED) is 0.808. The molecule has 0 aromatic heterocycles. The summed E-state index contributed by atoms with van der Waals surface area (Å²) < 4.78 is 11.5. The van der Waals surface area contributed by atoms with Crippen LogP contribution in [0.4, 0.5) is 5.69 Å². The molecule has 0 atom stereocenters. The molecule has 0 unspecified atom stereocenters. The van der Waals surface area contributed by atoms with Gasteiger partial charge in [0, 0.05) is 38.2 Å². The summed E-state index contributed by atoms with van der Waals surface area (Å²) in [6.45, 7) is 4.42. The number of nitrogens with two attached hydrogens (primary N) is 1. The Morgan fingerprint density at radius 1 is 1.11 bits per heavy atom. The van der Waals surface area contributed by atoms with E-state index in [0.29, 0.717) is 0 Å². The molecule has 2 aliphatic heterocycles. The average Bonchev–Trinajstić information content (AvgIpc) is 2.84. The van der Waals surface area contributed by atoms with Crippen LogP contribution in [0.1, 0.15) is 18.4 Å². The lowest BCUT2D eigenvalue weighted by atomic mass is 10.0. The third kappa shape index (κ3) is 2.36. The first-order chi connectivity index (χ1) is 8.77. The van der Waals surface area contributed by atoms with E-state index in [-0.39, 0.29) is 5.79 Å². The number of benzene rings is 1. The van der Waals surface area contributed by atoms with Crippen LogP contribution in [0.3, 0.4) is 0 Å². The Morgan fingerprint density at radius 2 is 1.78 bits per heavy atom. The number of piperidine rings is 1. The first kappa shape index (κ1) is 12.0. The van der Waals surface area contributed by atoms with E-state index < -0.39 is 0 Å². The van der Waals surface area contributed by atoms with Crippen molar-refractivity contribution in [2.45, 2.75) is 25.2 Å². The van der Waals surface area contributed by atoms with Crippen molar-refractivity contribution in [3.05, 3.63) is 29.8 Å². The maximum Gasteiger partial charge on any atom is 0.170 e. The third-order valence-electron chi connectivity index (χ3n) is 3.88. The van der Waals surface area contributed by atoms with Gasteiger partial charge in [-0.1, -0.05) is 18.2 Å². The summed E-state index contributed by atoms with van der Waals surface area (Å²) in [5, 5.41) is 0. The van der Waals surface area contributed by atoms with Crippen molar-refractivity contribution < 1.29 is 9.47 Å². The fourth-order valence-electron chi connectivity index (χ4n) is 2.76. The van der Waals surface area contributed by atoms with Gasteiger partial charge in [-0.3, -0.25) is 4.90 Å². The summed E-state index contributed by atoms with van der Waals surface area (Å²) in [5.41, 5.74) is 8.07. The van der Waals surface area contributed by atoms with Crippen molar-refractivity contribution in [1.82, 2.24) is 4.90 Å². The number of rotatable bonds is 2. The van der Waals surface area contributed by atoms with Gasteiger partial charge in [0.15, 0.2) is 5.79 Å². The fraction of sp³-hybridized carbons (Fsp3) is 0.571. The van der Waals surface area contributed by atoms with Gasteiger partial charge < -0.3 is 15.2 Å². The Labute approximate surface area is 108 Å². The zero-order valence-electron chi connectivity index (χ0n) is 10.6. The monoisotopic (exact) mass is 248 g/mol. The zero-order chi connectivity index (χ0) is 12.4. The van der Waals surface area contributed by atoms with E-state index in [0.717, 1.165) is 51.4 Å². The molecule has 4 heteroatoms. The van der Waals surface area contributed by atoms with E-state index in [4.69, 9.17) is 15.2 Å². The van der Waals surface area contributed by atoms with Crippen LogP contribution in [0.2, 0.25) is 0 Å². The van der Waals surface area contributed by atoms with Crippen LogP contribution < -0.4 is 5.73 Å². The Hall–Kier alpha value is -1.10. The van der Waals surface area contributed by atoms with Crippen molar-refractivity contribution in [1.29, 1.82) is 0 Å². The molecule has 1 aromatic carbocycles. The summed E-state index contributed by atoms with van der Waals surface area (Å²) in [6.07, 6.45) is 1.92. The van der Waals surface area contributed by atoms with Crippen molar-refractivity contribution in [3.8, 4) is 0 Å². The van der Waals surface area contributed by atoms with Gasteiger partial charge in [0.05, 0.1) is 13.2 Å². The van der Waals surface area contributed by atoms with E-state index in [9.17, 15) is 0 Å². The predicted octanol–water partition coefficient (Wildman–Crippen LogP) is 1.61. The molecule has 2 N–H and O–H groups in total. The molecule has 98 valence electrons. The second-order valence-electron chi connectivity index (χ2n) is 5.08. The molecule has 2 aliphatic rings. The molecule has 0 aliphatic carbocycles. The van der Waals surface area contributed by atoms with Crippen LogP contribution in [0, 0.1) is 0 Å². The van der Waals surface area contributed by atoms with Gasteiger partial charge in [-0.05, 0) is 11.6 Å². The fourth-order valence-corrected chi connectivity index (χ4v) is 2.76. The minimum atomic E-state index is -0.279. The lowest BCUT2D eigenvalue weighted by Gasteiger charge is -2.37. The maximum absolute atomic E-state index is 5.98. The van der Waals surface area contributed by atoms with Gasteiger partial charge in [0.1, 0.15) is 0 Å². The molecule has 3 rings (SSSR count). The molecule has 18 heavy (non-hydrogen) atoms. The SMILES string of the molecule is Nc1ccccc1CN1CCC2(CC1)OCCO2. The highest BCUT2D eigenvalue weighted by Gasteiger charge is 2.39. The molecule has 0 radical (unpaired) electrons. The number of para-hydroxylation sites is 1. The number of nitrogen functional groups attached to an aromatic ring is 1. The summed E-state index contributed by atoms with van der Waals surface area (Å²) in [5.74, 6) is -0.279. The molecule has 2 fully saturated rings. The van der Waals surface area contributed by atoms with Gasteiger partial charge in [-0.25, -0.2) is 0 Å². The summed E-state index contributed by atoms with van der Waals surface area (Å²) in [7, 11) is 0. The van der Waals surface area contributed by atoms with Crippen molar-refractivity contribution in [2.75, 3.05) is 32.0 Å². The predicted molar refractivity (Wildman–Crippen MR) is 70.0 cm³/mol. The molecule has 1 spiro atoms. The van der Waals surface area contributed by atoms with Crippen molar-refractivity contribution in [2.24, 2.45) is 0 Å². The topological polar surface area (TPSA) is 47.7 Å². The summed E-state index contributed by atoms with van der Waals surface area (Å²) in [4.78, 5) is 2.42. The van der Waals surface area contributed by atoms with Crippen molar-refractivity contribution >= 4 is 5.69 Å². The molecule has 0 amide bonds. The van der Waals surface area contributed by atoms with Crippen LogP contribution in [0.5, 0.6) is 0 Å². The number of hydrogen-bond donors (Lipinski definition) is 1. The first-order valence-electron chi connectivity index (χ1n) is 6.61. The van der Waals surface area contributed by atoms with Crippen LogP contribution in [0.25, 0.3) is 0 Å². The smallest absolute Gasteiger partial charge is 0.170 e. The Kier molecular flexibility index (Phi) is 3.24. The molecule has 0 bridgehead atoms. The minimum absolute atomic E-state index is 0.279. The molecule has 2 saturated heterocycles. The van der Waals surface area contributed by atoms with Crippen LogP contribution in [-0.4, -0.2) is 37.0 Å². The third-order valence-corrected chi connectivity index (χ3v) is 3.88. The number of hydrogen-bond acceptors (Lipinski definition) is 4. The van der Waals surface area contributed by atoms with Gasteiger partial charge in [0.25, 0.3) is 0 Å². The number of anilines is 1. The molecular weight excluding hydrogens is 228 g/mol. The molecular formula is C14H20N2O2. The molecule has 1 aromatic rings. The highest BCUT2D eigenvalue weighted by molar-refractivity contribution is 5.46. The van der Waals surface area contributed by atoms with Gasteiger partial charge >= 0.3 is 0 Å². The van der Waals surface area contributed by atoms with Crippen LogP contribution in [0.15, 0.2) is 24.3 Å². The Balaban J connectivity index is 1.59. The van der Waals surface area contributed by atoms with E-state index in [1.165, 1.54) is 5.56 Å². The first-order valence-corrected chi connectivity index (χ1v) is 6.61. The maximum atomic E-state index is 5.98. The van der Waals surface area contributed by atoms with E-state index >= 15 is 0 Å². The Morgan fingerprint density at radius 3 is 2.44 bits per heavy atom. The van der Waals surface area contributed by atoms with E-state index in [2.05, 4.69) is 11.0 Å². The van der Waals surface area contributed by atoms with Gasteiger partial charge in [-0.2, -0.15) is 0 Å². The van der Waals surface area contributed by atoms with Gasteiger partial charge in [0.2, 0.25) is 0 Å². The lowest BCUT2D eigenvalue weighted by molar-refractivity contribution is -0.185. The summed E-state index contributed by atoms with van der Waals surface area (Å²) in [6, 6.07) is 8.08. The van der Waals surface area contributed by atoms with Gasteiger partial charge in [-0.15, -0.1) is 0 Å².